The predicted molar refractivity (Wildman–Crippen MR) is 68.8 cm³/mol. The Labute approximate surface area is 116 Å². The number of carboxylic acid groups (broad SMARTS) is 1. The lowest BCUT2D eigenvalue weighted by Crippen LogP contribution is -2.45. The Morgan fingerprint density at radius 1 is 1.45 bits per heavy atom. The lowest BCUT2D eigenvalue weighted by Gasteiger charge is -2.19. The lowest BCUT2D eigenvalue weighted by molar-refractivity contribution is -0.141. The van der Waals surface area contributed by atoms with Gasteiger partial charge in [-0.1, -0.05) is 13.8 Å². The van der Waals surface area contributed by atoms with Crippen LogP contribution in [-0.2, 0) is 14.4 Å². The zero-order chi connectivity index (χ0) is 15.5. The molecule has 0 saturated carbocycles. The Morgan fingerprint density at radius 2 is 2.05 bits per heavy atom. The molecule has 1 rings (SSSR count). The van der Waals surface area contributed by atoms with E-state index in [1.165, 1.54) is 6.92 Å². The SMILES string of the molecule is CCC1(C)NC(=O)N(CC(=O)NCC(C)C(=O)O)C1=O. The number of carbonyl (C=O) groups excluding carboxylic acids is 3. The van der Waals surface area contributed by atoms with Gasteiger partial charge in [-0.3, -0.25) is 19.3 Å². The van der Waals surface area contributed by atoms with Crippen molar-refractivity contribution in [3.05, 3.63) is 0 Å². The maximum Gasteiger partial charge on any atom is 0.325 e. The molecule has 0 spiro atoms. The van der Waals surface area contributed by atoms with Gasteiger partial charge in [0.25, 0.3) is 5.91 Å². The summed E-state index contributed by atoms with van der Waals surface area (Å²) in [7, 11) is 0. The standard InChI is InChI=1S/C12H19N3O5/c1-4-12(3)10(19)15(11(20)14-12)6-8(16)13-5-7(2)9(17)18/h7H,4-6H2,1-3H3,(H,13,16)(H,14,20)(H,17,18). The van der Waals surface area contributed by atoms with E-state index in [1.54, 1.807) is 13.8 Å². The molecular formula is C12H19N3O5. The number of hydrogen-bond acceptors (Lipinski definition) is 4. The van der Waals surface area contributed by atoms with E-state index >= 15 is 0 Å². The number of urea groups is 1. The first-order valence-corrected chi connectivity index (χ1v) is 6.35. The van der Waals surface area contributed by atoms with Gasteiger partial charge in [-0.2, -0.15) is 0 Å². The Hall–Kier alpha value is -2.12. The topological polar surface area (TPSA) is 116 Å². The van der Waals surface area contributed by atoms with Crippen molar-refractivity contribution in [2.75, 3.05) is 13.1 Å². The summed E-state index contributed by atoms with van der Waals surface area (Å²) < 4.78 is 0. The summed E-state index contributed by atoms with van der Waals surface area (Å²) in [5, 5.41) is 13.6. The first-order chi connectivity index (χ1) is 9.21. The summed E-state index contributed by atoms with van der Waals surface area (Å²) in [6.07, 6.45) is 0.422. The first-order valence-electron chi connectivity index (χ1n) is 6.35. The Kier molecular flexibility index (Phi) is 4.69. The van der Waals surface area contributed by atoms with Gasteiger partial charge in [0.2, 0.25) is 5.91 Å². The molecule has 0 aromatic rings. The highest BCUT2D eigenvalue weighted by molar-refractivity contribution is 6.08. The van der Waals surface area contributed by atoms with Crippen LogP contribution >= 0.6 is 0 Å². The summed E-state index contributed by atoms with van der Waals surface area (Å²) in [6.45, 7) is 4.34. The number of rotatable bonds is 6. The molecule has 8 heteroatoms. The Bertz CT molecular complexity index is 450. The summed E-state index contributed by atoms with van der Waals surface area (Å²) in [6, 6.07) is -0.610. The molecule has 0 radical (unpaired) electrons. The van der Waals surface area contributed by atoms with Crippen LogP contribution in [0.25, 0.3) is 0 Å². The second kappa shape index (κ2) is 5.89. The molecule has 2 atom stereocenters. The molecule has 3 N–H and O–H groups in total. The van der Waals surface area contributed by atoms with E-state index in [0.29, 0.717) is 6.42 Å². The van der Waals surface area contributed by atoms with Crippen molar-refractivity contribution in [3.63, 3.8) is 0 Å². The van der Waals surface area contributed by atoms with E-state index in [0.717, 1.165) is 4.90 Å². The minimum Gasteiger partial charge on any atom is -0.481 e. The molecule has 1 saturated heterocycles. The van der Waals surface area contributed by atoms with Crippen molar-refractivity contribution in [1.82, 2.24) is 15.5 Å². The molecular weight excluding hydrogens is 266 g/mol. The van der Waals surface area contributed by atoms with E-state index in [2.05, 4.69) is 10.6 Å². The van der Waals surface area contributed by atoms with Gasteiger partial charge in [0.1, 0.15) is 12.1 Å². The largest absolute Gasteiger partial charge is 0.481 e. The number of aliphatic carboxylic acids is 1. The van der Waals surface area contributed by atoms with Crippen LogP contribution in [0.5, 0.6) is 0 Å². The van der Waals surface area contributed by atoms with E-state index in [-0.39, 0.29) is 6.54 Å². The molecule has 0 aliphatic carbocycles. The highest BCUT2D eigenvalue weighted by Crippen LogP contribution is 2.20. The van der Waals surface area contributed by atoms with Crippen molar-refractivity contribution in [2.24, 2.45) is 5.92 Å². The zero-order valence-corrected chi connectivity index (χ0v) is 11.7. The van der Waals surface area contributed by atoms with E-state index in [1.807, 2.05) is 0 Å². The second-order valence-corrected chi connectivity index (χ2v) is 5.05. The highest BCUT2D eigenvalue weighted by atomic mass is 16.4. The minimum atomic E-state index is -1.03. The van der Waals surface area contributed by atoms with Crippen molar-refractivity contribution in [2.45, 2.75) is 32.7 Å². The monoisotopic (exact) mass is 285 g/mol. The zero-order valence-electron chi connectivity index (χ0n) is 11.7. The van der Waals surface area contributed by atoms with Crippen LogP contribution in [0.1, 0.15) is 27.2 Å². The number of carboxylic acids is 1. The van der Waals surface area contributed by atoms with Gasteiger partial charge in [0.15, 0.2) is 0 Å². The smallest absolute Gasteiger partial charge is 0.325 e. The normalized spacial score (nSPS) is 23.4. The fourth-order valence-corrected chi connectivity index (χ4v) is 1.68. The van der Waals surface area contributed by atoms with Gasteiger partial charge >= 0.3 is 12.0 Å². The molecule has 0 aromatic carbocycles. The van der Waals surface area contributed by atoms with Crippen molar-refractivity contribution in [3.8, 4) is 0 Å². The molecule has 20 heavy (non-hydrogen) atoms. The lowest BCUT2D eigenvalue weighted by atomic mass is 9.99. The molecule has 0 bridgehead atoms. The van der Waals surface area contributed by atoms with Crippen LogP contribution in [0.4, 0.5) is 4.79 Å². The number of carbonyl (C=O) groups is 4. The van der Waals surface area contributed by atoms with Gasteiger partial charge in [0.05, 0.1) is 5.92 Å². The molecule has 1 heterocycles. The molecule has 8 nitrogen and oxygen atoms in total. The molecule has 1 aliphatic rings. The van der Waals surface area contributed by atoms with E-state index < -0.39 is 41.8 Å². The van der Waals surface area contributed by atoms with Crippen LogP contribution < -0.4 is 10.6 Å². The third-order valence-electron chi connectivity index (χ3n) is 3.38. The highest BCUT2D eigenvalue weighted by Gasteiger charge is 2.46. The average Bonchev–Trinajstić information content (AvgIpc) is 2.60. The number of nitrogens with one attached hydrogen (secondary N) is 2. The van der Waals surface area contributed by atoms with Crippen LogP contribution in [0.3, 0.4) is 0 Å². The third-order valence-corrected chi connectivity index (χ3v) is 3.38. The van der Waals surface area contributed by atoms with Crippen LogP contribution in [0.15, 0.2) is 0 Å². The van der Waals surface area contributed by atoms with Crippen LogP contribution in [0.2, 0.25) is 0 Å². The van der Waals surface area contributed by atoms with Gasteiger partial charge in [-0.15, -0.1) is 0 Å². The molecule has 0 aromatic heterocycles. The van der Waals surface area contributed by atoms with Gasteiger partial charge < -0.3 is 15.7 Å². The van der Waals surface area contributed by atoms with Crippen molar-refractivity contribution in [1.29, 1.82) is 0 Å². The van der Waals surface area contributed by atoms with E-state index in [4.69, 9.17) is 5.11 Å². The molecule has 112 valence electrons. The van der Waals surface area contributed by atoms with E-state index in [9.17, 15) is 19.2 Å². The maximum atomic E-state index is 12.0. The number of nitrogens with zero attached hydrogens (tertiary/aromatic N) is 1. The van der Waals surface area contributed by atoms with Crippen molar-refractivity contribution < 1.29 is 24.3 Å². The van der Waals surface area contributed by atoms with Crippen LogP contribution in [-0.4, -0.2) is 52.4 Å². The molecule has 1 aliphatic heterocycles. The van der Waals surface area contributed by atoms with Gasteiger partial charge in [0, 0.05) is 6.54 Å². The first kappa shape index (κ1) is 15.9. The number of imide groups is 1. The van der Waals surface area contributed by atoms with Gasteiger partial charge in [-0.25, -0.2) is 4.79 Å². The average molecular weight is 285 g/mol. The Balaban J connectivity index is 2.56. The molecule has 2 unspecified atom stereocenters. The maximum absolute atomic E-state index is 12.0. The Morgan fingerprint density at radius 3 is 2.50 bits per heavy atom. The minimum absolute atomic E-state index is 0.0527. The van der Waals surface area contributed by atoms with Crippen LogP contribution in [0, 0.1) is 5.92 Å². The summed E-state index contributed by atoms with van der Waals surface area (Å²) in [5.74, 6) is -2.78. The van der Waals surface area contributed by atoms with Gasteiger partial charge in [-0.05, 0) is 13.3 Å². The molecule has 4 amide bonds. The number of amides is 4. The fraction of sp³-hybridized carbons (Fsp3) is 0.667. The predicted octanol–water partition coefficient (Wildman–Crippen LogP) is -0.456. The summed E-state index contributed by atoms with van der Waals surface area (Å²) in [4.78, 5) is 46.8. The third kappa shape index (κ3) is 3.25. The summed E-state index contributed by atoms with van der Waals surface area (Å²) in [5.41, 5.74) is -0.980. The summed E-state index contributed by atoms with van der Waals surface area (Å²) >= 11 is 0. The van der Waals surface area contributed by atoms with Crippen molar-refractivity contribution >= 4 is 23.8 Å². The fourth-order valence-electron chi connectivity index (χ4n) is 1.68. The quantitative estimate of drug-likeness (QED) is 0.571. The second-order valence-electron chi connectivity index (χ2n) is 5.05. The molecule has 1 fully saturated rings. The number of hydrogen-bond donors (Lipinski definition) is 3.